The predicted octanol–water partition coefficient (Wildman–Crippen LogP) is 12.1. The molecular weight excluding hydrogens is 1540 g/mol. The van der Waals surface area contributed by atoms with E-state index in [1.165, 1.54) is 39.9 Å². The normalized spacial score (nSPS) is 20.2. The number of nitrogens with one attached hydrogen (secondary N) is 5. The van der Waals surface area contributed by atoms with Crippen LogP contribution in [0.3, 0.4) is 0 Å². The van der Waals surface area contributed by atoms with Crippen LogP contribution >= 0.6 is 34.7 Å². The number of morpholine rings is 1. The van der Waals surface area contributed by atoms with Gasteiger partial charge in [0.2, 0.25) is 23.6 Å². The zero-order chi connectivity index (χ0) is 80.1. The molecule has 6 aromatic rings. The summed E-state index contributed by atoms with van der Waals surface area (Å²) in [5.41, 5.74) is 2.39. The number of β-amino-alcohol motifs (C(OH)–C–C–N with tert-alkyl or cyclic N) is 1. The van der Waals surface area contributed by atoms with Crippen LogP contribution in [0.4, 0.5) is 24.5 Å². The number of aromatic nitrogens is 1. The highest BCUT2D eigenvalue weighted by Gasteiger charge is 2.49. The van der Waals surface area contributed by atoms with Gasteiger partial charge in [-0.1, -0.05) is 106 Å². The maximum Gasteiger partial charge on any atom is 0.501 e. The Kier molecular flexibility index (Phi) is 28.9. The molecule has 4 saturated heterocycles. The summed E-state index contributed by atoms with van der Waals surface area (Å²) in [4.78, 5) is 83.5. The van der Waals surface area contributed by atoms with E-state index in [9.17, 15) is 59.1 Å². The van der Waals surface area contributed by atoms with Crippen LogP contribution in [-0.4, -0.2) is 209 Å². The van der Waals surface area contributed by atoms with Crippen molar-refractivity contribution in [2.45, 2.75) is 175 Å². The number of allylic oxidation sites excluding steroid dienone is 1. The van der Waals surface area contributed by atoms with Crippen molar-refractivity contribution in [1.82, 2.24) is 45.3 Å². The minimum atomic E-state index is -6.11. The summed E-state index contributed by atoms with van der Waals surface area (Å²) < 4.78 is 105. The molecule has 11 rings (SSSR count). The maximum absolute atomic E-state index is 14.4. The molecule has 6 atom stereocenters. The molecule has 5 aromatic carbocycles. The Morgan fingerprint density at radius 2 is 1.46 bits per heavy atom. The third kappa shape index (κ3) is 22.8. The lowest BCUT2D eigenvalue weighted by Gasteiger charge is -2.44. The van der Waals surface area contributed by atoms with Crippen LogP contribution in [-0.2, 0) is 43.8 Å². The van der Waals surface area contributed by atoms with Gasteiger partial charge in [0.15, 0.2) is 0 Å². The fourth-order valence-corrected chi connectivity index (χ4v) is 19.6. The van der Waals surface area contributed by atoms with E-state index in [1.54, 1.807) is 23.5 Å². The lowest BCUT2D eigenvalue weighted by Crippen LogP contribution is -2.57. The van der Waals surface area contributed by atoms with E-state index in [4.69, 9.17) is 16.3 Å². The number of rotatable bonds is 31. The number of ether oxygens (including phenoxy) is 1. The van der Waals surface area contributed by atoms with Crippen LogP contribution in [0.2, 0.25) is 5.02 Å². The van der Waals surface area contributed by atoms with Gasteiger partial charge < -0.3 is 45.8 Å². The van der Waals surface area contributed by atoms with Crippen molar-refractivity contribution in [2.75, 3.05) is 108 Å². The molecule has 30 heteroatoms. The molecule has 0 radical (unpaired) electrons. The summed E-state index contributed by atoms with van der Waals surface area (Å²) >= 11 is 9.40. The second kappa shape index (κ2) is 37.9. The van der Waals surface area contributed by atoms with Crippen molar-refractivity contribution in [3.8, 4) is 10.4 Å². The number of hydrogen-bond donors (Lipinski definition) is 6. The molecule has 0 bridgehead atoms. The number of sulfone groups is 1. The Morgan fingerprint density at radius 3 is 2.11 bits per heavy atom. The first kappa shape index (κ1) is 85.4. The van der Waals surface area contributed by atoms with Crippen LogP contribution in [0.1, 0.15) is 145 Å². The molecule has 5 heterocycles. The summed E-state index contributed by atoms with van der Waals surface area (Å²) in [5, 5.41) is 23.7. The van der Waals surface area contributed by atoms with Gasteiger partial charge in [0.25, 0.3) is 25.8 Å². The number of alkyl halides is 3. The maximum atomic E-state index is 14.4. The molecule has 4 aliphatic heterocycles. The number of likely N-dealkylation sites (tertiary alicyclic amines) is 2. The minimum Gasteiger partial charge on any atom is -0.391 e. The predicted molar refractivity (Wildman–Crippen MR) is 433 cm³/mol. The molecule has 6 N–H and O–H groups in total. The number of nitrogens with zero attached hydrogens (tertiary/aromatic N) is 6. The van der Waals surface area contributed by atoms with Gasteiger partial charge in [0, 0.05) is 137 Å². The number of aryl methyl sites for hydroxylation is 1. The first-order chi connectivity index (χ1) is 53.3. The molecule has 4 fully saturated rings. The van der Waals surface area contributed by atoms with Crippen molar-refractivity contribution < 1.29 is 63.8 Å². The van der Waals surface area contributed by atoms with Gasteiger partial charge in [-0.15, -0.1) is 23.1 Å². The number of piperidine rings is 1. The van der Waals surface area contributed by atoms with Crippen molar-refractivity contribution in [1.29, 1.82) is 0 Å². The van der Waals surface area contributed by atoms with Gasteiger partial charge in [-0.3, -0.25) is 33.8 Å². The van der Waals surface area contributed by atoms with Crippen LogP contribution in [0.15, 0.2) is 147 Å². The number of carbonyl (C=O) groups excluding carboxylic acids is 5. The van der Waals surface area contributed by atoms with Crippen molar-refractivity contribution in [2.24, 2.45) is 10.8 Å². The average molecular weight is 1640 g/mol. The van der Waals surface area contributed by atoms with Crippen LogP contribution < -0.4 is 30.9 Å². The van der Waals surface area contributed by atoms with Gasteiger partial charge in [-0.25, -0.2) is 26.5 Å². The third-order valence-electron chi connectivity index (χ3n) is 22.0. The molecule has 0 saturated carbocycles. The van der Waals surface area contributed by atoms with E-state index < -0.39 is 82.3 Å². The molecule has 112 heavy (non-hydrogen) atoms. The molecule has 5 aliphatic rings. The van der Waals surface area contributed by atoms with Gasteiger partial charge in [-0.05, 0) is 165 Å². The first-order valence-corrected chi connectivity index (χ1v) is 43.9. The monoisotopic (exact) mass is 1640 g/mol. The summed E-state index contributed by atoms with van der Waals surface area (Å²) in [6, 6.07) is 31.4. The molecule has 22 nitrogen and oxygen atoms in total. The summed E-state index contributed by atoms with van der Waals surface area (Å²) in [6.07, 6.45) is 6.31. The lowest BCUT2D eigenvalue weighted by molar-refractivity contribution is -0.144. The number of carbonyl (C=O) groups is 5. The number of benzene rings is 5. The summed E-state index contributed by atoms with van der Waals surface area (Å²) in [6.45, 7) is 20.8. The largest absolute Gasteiger partial charge is 0.501 e. The number of anilines is 2. The third-order valence-corrected chi connectivity index (χ3v) is 27.2. The summed E-state index contributed by atoms with van der Waals surface area (Å²) in [7, 11) is -11.0. The minimum absolute atomic E-state index is 0.0132. The average Bonchev–Trinajstić information content (AvgIpc) is 0.884. The number of thiazole rings is 1. The number of hydrogen-bond acceptors (Lipinski definition) is 19. The molecule has 606 valence electrons. The fraction of sp³-hybridized carbons (Fsp3) is 0.512. The number of halogens is 4. The highest BCUT2D eigenvalue weighted by molar-refractivity contribution is 7.99. The quantitative estimate of drug-likeness (QED) is 0.0174. The van der Waals surface area contributed by atoms with Crippen LogP contribution in [0.25, 0.3) is 16.0 Å². The highest BCUT2D eigenvalue weighted by atomic mass is 35.5. The number of unbranched alkanes of at least 4 members (excludes halogenated alkanes) is 2. The van der Waals surface area contributed by atoms with Crippen molar-refractivity contribution >= 4 is 101 Å². The molecule has 5 amide bonds. The fourth-order valence-electron chi connectivity index (χ4n) is 15.6. The lowest BCUT2D eigenvalue weighted by atomic mass is 9.71. The molecule has 0 spiro atoms. The molecular formula is C82H105ClF3N11O11S4. The van der Waals surface area contributed by atoms with E-state index in [0.717, 1.165) is 121 Å². The van der Waals surface area contributed by atoms with Crippen molar-refractivity contribution in [3.63, 3.8) is 0 Å². The highest BCUT2D eigenvalue weighted by Crippen LogP contribution is 2.45. The Labute approximate surface area is 669 Å². The van der Waals surface area contributed by atoms with E-state index in [2.05, 4.69) is 64.9 Å². The van der Waals surface area contributed by atoms with E-state index >= 15 is 0 Å². The smallest absolute Gasteiger partial charge is 0.391 e. The number of piperazine rings is 1. The molecule has 3 unspecified atom stereocenters. The van der Waals surface area contributed by atoms with Gasteiger partial charge in [-0.2, -0.15) is 13.2 Å². The number of aliphatic hydroxyl groups excluding tert-OH is 1. The van der Waals surface area contributed by atoms with Crippen molar-refractivity contribution in [3.05, 3.63) is 160 Å². The Balaban J connectivity index is 0.620. The van der Waals surface area contributed by atoms with Gasteiger partial charge >= 0.3 is 5.51 Å². The standard InChI is InChI=1S/C82H105ClF3N11O11S4/c1-55(57-17-19-59(20-18-57)75-56(2)87-54-110-75)88-78(102)71-47-66(98)51-97(71)79(103)76(80(3,4)5)91-74(100)16-12-8-11-15-73(99)90-63-32-37-95(38-33-63)53-81(6)35-31-69(58-21-25-62(83)26-22-58)61(49-81)50-94-39-41-96(42-40-94)65-27-23-60(24-28-65)77(101)92-112(106,107)68-29-30-70(72(48-68)111(104,105)82(84,85)86)89-64(34-36-93-43-45-108-46-44-93)52-109-67-13-9-7-10-14-67/h7,9-10,13-14,17-30,48,54-55,63-64,66,71,76,89,98H,8,11-12,15-16,31-47,49-53H2,1-6H3,(H,88,102)(H,90,99)(H,91,100)(H,92,101)/t55-,64?,66+,71-,76?,81?/m0/s1. The van der Waals surface area contributed by atoms with Crippen LogP contribution in [0, 0.1) is 17.8 Å². The van der Waals surface area contributed by atoms with E-state index in [0.29, 0.717) is 94.9 Å². The van der Waals surface area contributed by atoms with E-state index in [1.807, 2.05) is 112 Å². The van der Waals surface area contributed by atoms with Gasteiger partial charge in [0.05, 0.1) is 52.0 Å². The second-order valence-electron chi connectivity index (χ2n) is 31.7. The van der Waals surface area contributed by atoms with Crippen LogP contribution in [0.5, 0.6) is 0 Å². The van der Waals surface area contributed by atoms with E-state index in [-0.39, 0.29) is 60.2 Å². The first-order valence-electron chi connectivity index (χ1n) is 38.7. The zero-order valence-electron chi connectivity index (χ0n) is 64.5. The Morgan fingerprint density at radius 1 is 0.786 bits per heavy atom. The number of aliphatic hydroxyl groups is 1. The SMILES string of the molecule is Cc1ncsc1-c1ccc([C@H](C)NC(=O)[C@@H]2C[C@@H](O)CN2C(=O)C(NC(=O)CCCCCC(=O)NC2CCN(CC3(C)CCC(c4ccc(Cl)cc4)=C(CN4CCN(c5ccc(C(=O)NS(=O)(=O)c6ccc(NC(CCN7CCOCC7)CSc7ccccc7)c(S(=O)(=O)C(F)(F)F)c6)cc5)CC4)C3)CC2)C(C)(C)C)cc1. The number of thioether (sulfide) groups is 1. The van der Waals surface area contributed by atoms with Gasteiger partial charge in [0.1, 0.15) is 17.0 Å². The number of sulfonamides is 1. The second-order valence-corrected chi connectivity index (χ2v) is 37.7. The number of amides is 5. The Bertz CT molecular complexity index is 4500. The zero-order valence-corrected chi connectivity index (χ0v) is 68.6. The topological polar surface area (TPSA) is 272 Å². The molecule has 1 aliphatic carbocycles. The Hall–Kier alpha value is -7.45. The summed E-state index contributed by atoms with van der Waals surface area (Å²) in [5.74, 6) is -1.83. The molecule has 1 aromatic heterocycles.